The Morgan fingerprint density at radius 1 is 1.14 bits per heavy atom. The van der Waals surface area contributed by atoms with Gasteiger partial charge in [-0.2, -0.15) is 4.98 Å². The Bertz CT molecular complexity index is 1470. The number of anilines is 1. The fourth-order valence-electron chi connectivity index (χ4n) is 4.53. The minimum absolute atomic E-state index is 0.0471. The Kier molecular flexibility index (Phi) is 6.39. The first kappa shape index (κ1) is 23.6. The monoisotopic (exact) mass is 514 g/mol. The number of carbonyl (C=O) groups excluding carboxylic acids is 1. The van der Waals surface area contributed by atoms with Gasteiger partial charge in [0.2, 0.25) is 17.6 Å². The molecule has 1 aliphatic heterocycles. The summed E-state index contributed by atoms with van der Waals surface area (Å²) in [5, 5.41) is 8.05. The highest BCUT2D eigenvalue weighted by atomic mass is 35.5. The molecular weight excluding hydrogens is 491 g/mol. The maximum Gasteiger partial charge on any atom is 0.328 e. The quantitative estimate of drug-likeness (QED) is 0.430. The molecule has 4 aromatic rings. The van der Waals surface area contributed by atoms with Crippen LogP contribution in [0.5, 0.6) is 0 Å². The van der Waals surface area contributed by atoms with Crippen molar-refractivity contribution >= 4 is 45.8 Å². The predicted octanol–water partition coefficient (Wildman–Crippen LogP) is 4.08. The third-order valence-corrected chi connectivity index (χ3v) is 6.96. The smallest absolute Gasteiger partial charge is 0.328 e. The van der Waals surface area contributed by atoms with E-state index in [1.807, 2.05) is 18.2 Å². The van der Waals surface area contributed by atoms with Crippen molar-refractivity contribution in [3.05, 3.63) is 62.8 Å². The molecule has 2 aromatic heterocycles. The summed E-state index contributed by atoms with van der Waals surface area (Å²) < 4.78 is 8.60. The number of nitrogens with one attached hydrogen (secondary N) is 1. The van der Waals surface area contributed by atoms with Gasteiger partial charge in [-0.3, -0.25) is 18.8 Å². The van der Waals surface area contributed by atoms with Crippen LogP contribution in [-0.4, -0.2) is 43.2 Å². The molecule has 1 fully saturated rings. The molecule has 0 spiro atoms. The summed E-state index contributed by atoms with van der Waals surface area (Å²) in [4.78, 5) is 31.8. The SMILES string of the molecule is Cn1c(=O)n(C)c2cc(NC(=O)C3CCCN(Cc4nc(-c5ccc(Cl)cc5Cl)no4)C3)ccc21. The predicted molar refractivity (Wildman–Crippen MR) is 135 cm³/mol. The maximum atomic E-state index is 13.0. The highest BCUT2D eigenvalue weighted by molar-refractivity contribution is 6.36. The van der Waals surface area contributed by atoms with Crippen molar-refractivity contribution in [3.8, 4) is 11.4 Å². The van der Waals surface area contributed by atoms with Gasteiger partial charge in [-0.05, 0) is 55.8 Å². The van der Waals surface area contributed by atoms with Crippen molar-refractivity contribution in [1.29, 1.82) is 0 Å². The molecule has 2 aromatic carbocycles. The maximum absolute atomic E-state index is 13.0. The van der Waals surface area contributed by atoms with Crippen LogP contribution in [0.15, 0.2) is 45.7 Å². The van der Waals surface area contributed by atoms with E-state index in [9.17, 15) is 9.59 Å². The summed E-state index contributed by atoms with van der Waals surface area (Å²) in [6.45, 7) is 1.86. The van der Waals surface area contributed by atoms with Gasteiger partial charge in [-0.25, -0.2) is 4.79 Å². The Morgan fingerprint density at radius 2 is 1.94 bits per heavy atom. The Morgan fingerprint density at radius 3 is 2.74 bits per heavy atom. The molecule has 35 heavy (non-hydrogen) atoms. The molecule has 0 radical (unpaired) electrons. The number of hydrogen-bond donors (Lipinski definition) is 1. The van der Waals surface area contributed by atoms with Gasteiger partial charge in [-0.1, -0.05) is 28.4 Å². The van der Waals surface area contributed by atoms with Crippen LogP contribution >= 0.6 is 23.2 Å². The topological polar surface area (TPSA) is 98.2 Å². The second-order valence-electron chi connectivity index (χ2n) is 8.80. The molecule has 0 saturated carbocycles. The summed E-state index contributed by atoms with van der Waals surface area (Å²) in [5.74, 6) is 0.641. The first-order chi connectivity index (χ1) is 16.8. The number of rotatable bonds is 5. The van der Waals surface area contributed by atoms with E-state index >= 15 is 0 Å². The van der Waals surface area contributed by atoms with Gasteiger partial charge in [0, 0.05) is 36.9 Å². The number of hydrogen-bond acceptors (Lipinski definition) is 6. The zero-order chi connectivity index (χ0) is 24.7. The molecule has 1 aliphatic rings. The molecule has 1 amide bonds. The minimum atomic E-state index is -0.174. The number of carbonyl (C=O) groups is 1. The van der Waals surface area contributed by atoms with Crippen molar-refractivity contribution in [2.75, 3.05) is 18.4 Å². The number of amides is 1. The molecule has 9 nitrogen and oxygen atoms in total. The van der Waals surface area contributed by atoms with Gasteiger partial charge in [-0.15, -0.1) is 0 Å². The van der Waals surface area contributed by atoms with Gasteiger partial charge < -0.3 is 9.84 Å². The van der Waals surface area contributed by atoms with Crippen LogP contribution in [0.25, 0.3) is 22.4 Å². The number of benzene rings is 2. The zero-order valence-corrected chi connectivity index (χ0v) is 20.8. The van der Waals surface area contributed by atoms with E-state index in [1.54, 1.807) is 41.4 Å². The number of aromatic nitrogens is 4. The molecule has 3 heterocycles. The molecule has 1 atom stereocenters. The molecule has 11 heteroatoms. The summed E-state index contributed by atoms with van der Waals surface area (Å²) >= 11 is 12.2. The normalized spacial score (nSPS) is 16.6. The van der Waals surface area contributed by atoms with Crippen molar-refractivity contribution < 1.29 is 9.32 Å². The number of aryl methyl sites for hydroxylation is 2. The summed E-state index contributed by atoms with van der Waals surface area (Å²) in [7, 11) is 3.45. The highest BCUT2D eigenvalue weighted by Crippen LogP contribution is 2.29. The highest BCUT2D eigenvalue weighted by Gasteiger charge is 2.27. The molecule has 1 unspecified atom stereocenters. The van der Waals surface area contributed by atoms with Gasteiger partial charge in [0.25, 0.3) is 0 Å². The van der Waals surface area contributed by atoms with Gasteiger partial charge in [0.15, 0.2) is 0 Å². The second-order valence-corrected chi connectivity index (χ2v) is 9.65. The standard InChI is InChI=1S/C24H24Cl2N6O3/c1-30-19-8-6-16(11-20(19)31(2)24(30)34)27-23(33)14-4-3-9-32(12-14)13-21-28-22(29-35-21)17-7-5-15(25)10-18(17)26/h5-8,10-11,14H,3-4,9,12-13H2,1-2H3,(H,27,33). The zero-order valence-electron chi connectivity index (χ0n) is 19.3. The lowest BCUT2D eigenvalue weighted by Gasteiger charge is -2.30. The summed E-state index contributed by atoms with van der Waals surface area (Å²) in [5.41, 5.74) is 2.80. The fraction of sp³-hybridized carbons (Fsp3) is 0.333. The van der Waals surface area contributed by atoms with Gasteiger partial charge in [0.05, 0.1) is 28.5 Å². The van der Waals surface area contributed by atoms with Crippen molar-refractivity contribution in [1.82, 2.24) is 24.2 Å². The first-order valence-electron chi connectivity index (χ1n) is 11.3. The average molecular weight is 515 g/mol. The number of imidazole rings is 1. The van der Waals surface area contributed by atoms with E-state index in [0.717, 1.165) is 30.4 Å². The van der Waals surface area contributed by atoms with Gasteiger partial charge in [0.1, 0.15) is 0 Å². The van der Waals surface area contributed by atoms with E-state index in [4.69, 9.17) is 27.7 Å². The van der Waals surface area contributed by atoms with Crippen LogP contribution < -0.4 is 11.0 Å². The summed E-state index contributed by atoms with van der Waals surface area (Å²) in [6, 6.07) is 10.6. The van der Waals surface area contributed by atoms with E-state index in [0.29, 0.717) is 46.1 Å². The van der Waals surface area contributed by atoms with Crippen LogP contribution in [-0.2, 0) is 25.4 Å². The molecule has 5 rings (SSSR count). The van der Waals surface area contributed by atoms with Crippen LogP contribution in [0.1, 0.15) is 18.7 Å². The average Bonchev–Trinajstić information content (AvgIpc) is 3.38. The molecule has 0 aliphatic carbocycles. The minimum Gasteiger partial charge on any atom is -0.338 e. The molecule has 0 bridgehead atoms. The van der Waals surface area contributed by atoms with Crippen LogP contribution in [0.2, 0.25) is 10.0 Å². The molecule has 1 saturated heterocycles. The third kappa shape index (κ3) is 4.71. The molecule has 1 N–H and O–H groups in total. The third-order valence-electron chi connectivity index (χ3n) is 6.41. The van der Waals surface area contributed by atoms with Crippen molar-refractivity contribution in [2.24, 2.45) is 20.0 Å². The van der Waals surface area contributed by atoms with Crippen molar-refractivity contribution in [2.45, 2.75) is 19.4 Å². The first-order valence-corrected chi connectivity index (χ1v) is 12.0. The van der Waals surface area contributed by atoms with Crippen LogP contribution in [0, 0.1) is 5.92 Å². The number of halogens is 2. The second kappa shape index (κ2) is 9.49. The number of fused-ring (bicyclic) bond motifs is 1. The van der Waals surface area contributed by atoms with Gasteiger partial charge >= 0.3 is 5.69 Å². The van der Waals surface area contributed by atoms with E-state index < -0.39 is 0 Å². The molecule has 182 valence electrons. The lowest BCUT2D eigenvalue weighted by molar-refractivity contribution is -0.121. The number of nitrogens with zero attached hydrogens (tertiary/aromatic N) is 5. The Labute approximate surface area is 211 Å². The van der Waals surface area contributed by atoms with Crippen LogP contribution in [0.3, 0.4) is 0 Å². The lowest BCUT2D eigenvalue weighted by Crippen LogP contribution is -2.40. The van der Waals surface area contributed by atoms with Crippen molar-refractivity contribution in [3.63, 3.8) is 0 Å². The number of likely N-dealkylation sites (tertiary alicyclic amines) is 1. The van der Waals surface area contributed by atoms with Crippen LogP contribution in [0.4, 0.5) is 5.69 Å². The Hall–Kier alpha value is -3.14. The lowest BCUT2D eigenvalue weighted by atomic mass is 9.97. The number of piperidine rings is 1. The largest absolute Gasteiger partial charge is 0.338 e. The van der Waals surface area contributed by atoms with E-state index in [-0.39, 0.29) is 17.5 Å². The summed E-state index contributed by atoms with van der Waals surface area (Å²) in [6.07, 6.45) is 1.68. The fourth-order valence-corrected chi connectivity index (χ4v) is 5.03. The van der Waals surface area contributed by atoms with E-state index in [1.165, 1.54) is 0 Å². The Balaban J connectivity index is 1.24. The molecular formula is C24H24Cl2N6O3. The van der Waals surface area contributed by atoms with E-state index in [2.05, 4.69) is 20.4 Å².